The average Bonchev–Trinajstić information content (AvgIpc) is 3.63. The molecule has 0 unspecified atom stereocenters. The number of carbonyl (C=O) groups excluding carboxylic acids is 3. The van der Waals surface area contributed by atoms with Gasteiger partial charge in [-0.05, 0) is 79.2 Å². The molecule has 1 aliphatic heterocycles. The summed E-state index contributed by atoms with van der Waals surface area (Å²) in [7, 11) is 0. The second kappa shape index (κ2) is 13.8. The van der Waals surface area contributed by atoms with Crippen molar-refractivity contribution in [3.8, 4) is 0 Å². The van der Waals surface area contributed by atoms with E-state index in [4.69, 9.17) is 25.1 Å². The highest BCUT2D eigenvalue weighted by Gasteiger charge is 2.76. The molecule has 0 aromatic heterocycles. The first kappa shape index (κ1) is 36.4. The predicted molar refractivity (Wildman–Crippen MR) is 187 cm³/mol. The Kier molecular flexibility index (Phi) is 9.63. The van der Waals surface area contributed by atoms with E-state index in [9.17, 15) is 29.4 Å². The van der Waals surface area contributed by atoms with Crippen molar-refractivity contribution in [1.29, 1.82) is 0 Å². The Morgan fingerprint density at radius 2 is 1.71 bits per heavy atom. The number of aliphatic carboxylic acids is 1. The van der Waals surface area contributed by atoms with Crippen LogP contribution in [-0.2, 0) is 46.4 Å². The number of benzene rings is 2. The van der Waals surface area contributed by atoms with Crippen LogP contribution in [0.1, 0.15) is 80.9 Å². The largest absolute Gasteiger partial charge is 0.481 e. The normalized spacial score (nSPS) is 35.1. The molecule has 52 heavy (non-hydrogen) atoms. The molecule has 0 radical (unpaired) electrons. The van der Waals surface area contributed by atoms with Crippen LogP contribution >= 0.6 is 0 Å². The zero-order chi connectivity index (χ0) is 37.0. The summed E-state index contributed by atoms with van der Waals surface area (Å²) in [6.07, 6.45) is 5.24. The summed E-state index contributed by atoms with van der Waals surface area (Å²) < 4.78 is 18.9. The van der Waals surface area contributed by atoms with Gasteiger partial charge in [-0.1, -0.05) is 74.0 Å². The molecule has 7 rings (SSSR count). The van der Waals surface area contributed by atoms with Gasteiger partial charge in [0.2, 0.25) is 5.78 Å². The van der Waals surface area contributed by atoms with Crippen molar-refractivity contribution in [3.05, 3.63) is 94.6 Å². The van der Waals surface area contributed by atoms with Crippen LogP contribution in [0.2, 0.25) is 0 Å². The molecule has 3 saturated carbocycles. The number of Topliss-reactive ketones (excluding diaryl/α,β-unsaturated/α-hetero) is 1. The van der Waals surface area contributed by atoms with Crippen LogP contribution in [0.4, 0.5) is 0 Å². The number of hydrogen-bond acceptors (Lipinski definition) is 10. The second-order valence-electron chi connectivity index (χ2n) is 15.7. The SMILES string of the molecule is C[C@]12C=CC(=O)C=C1CC[C@@H]1[C@@H]2[C@@H](O)C[C@@]2(C)[C@H]1C[C@H]1O[C@@H](c3ccc(Cc4ccc(CO)cc4)cc3)O[C@]12C(=O)COC(=O)[C@@H](N)CCC(=O)O. The van der Waals surface area contributed by atoms with Gasteiger partial charge in [-0.15, -0.1) is 0 Å². The highest BCUT2D eigenvalue weighted by Crippen LogP contribution is 2.70. The summed E-state index contributed by atoms with van der Waals surface area (Å²) in [4.78, 5) is 50.7. The first-order valence-corrected chi connectivity index (χ1v) is 18.2. The van der Waals surface area contributed by atoms with E-state index in [1.807, 2.05) is 61.5 Å². The van der Waals surface area contributed by atoms with Crippen LogP contribution in [-0.4, -0.2) is 69.3 Å². The van der Waals surface area contributed by atoms with Crippen molar-refractivity contribution in [3.63, 3.8) is 0 Å². The topological polar surface area (TPSA) is 183 Å². The third-order valence-electron chi connectivity index (χ3n) is 12.8. The van der Waals surface area contributed by atoms with Crippen LogP contribution in [0, 0.1) is 28.6 Å². The number of fused-ring (bicyclic) bond motifs is 7. The number of aliphatic hydroxyl groups excluding tert-OH is 2. The third kappa shape index (κ3) is 6.06. The van der Waals surface area contributed by atoms with E-state index in [1.165, 1.54) is 0 Å². The predicted octanol–water partition coefficient (Wildman–Crippen LogP) is 4.12. The number of rotatable bonds is 11. The summed E-state index contributed by atoms with van der Waals surface area (Å²) in [6.45, 7) is 3.43. The maximum Gasteiger partial charge on any atom is 0.323 e. The van der Waals surface area contributed by atoms with E-state index in [0.717, 1.165) is 34.2 Å². The fourth-order valence-electron chi connectivity index (χ4n) is 10.3. The van der Waals surface area contributed by atoms with Crippen molar-refractivity contribution in [2.75, 3.05) is 6.61 Å². The number of hydrogen-bond donors (Lipinski definition) is 4. The van der Waals surface area contributed by atoms with Crippen molar-refractivity contribution in [1.82, 2.24) is 0 Å². The Morgan fingerprint density at radius 3 is 2.38 bits per heavy atom. The minimum Gasteiger partial charge on any atom is -0.481 e. The number of esters is 1. The van der Waals surface area contributed by atoms with Gasteiger partial charge in [0.1, 0.15) is 6.04 Å². The molecular weight excluding hydrogens is 666 g/mol. The molecule has 0 amide bonds. The molecule has 5 N–H and O–H groups in total. The number of ether oxygens (including phenoxy) is 3. The molecule has 4 fully saturated rings. The number of carbonyl (C=O) groups is 4. The minimum absolute atomic E-state index is 0.00685. The van der Waals surface area contributed by atoms with Crippen molar-refractivity contribution in [2.24, 2.45) is 34.3 Å². The molecule has 2 aromatic carbocycles. The molecule has 11 heteroatoms. The highest BCUT2D eigenvalue weighted by molar-refractivity contribution is 6.01. The Hall–Kier alpha value is -4.00. The van der Waals surface area contributed by atoms with Crippen molar-refractivity contribution < 1.29 is 48.7 Å². The molecule has 5 aliphatic rings. The molecule has 2 aromatic rings. The molecule has 0 bridgehead atoms. The molecule has 10 atom stereocenters. The lowest BCUT2D eigenvalue weighted by Gasteiger charge is -2.59. The van der Waals surface area contributed by atoms with Crippen molar-refractivity contribution in [2.45, 2.75) is 95.5 Å². The molecule has 4 aliphatic carbocycles. The number of carboxylic acids is 1. The lowest BCUT2D eigenvalue weighted by atomic mass is 9.46. The van der Waals surface area contributed by atoms with Crippen molar-refractivity contribution >= 4 is 23.5 Å². The summed E-state index contributed by atoms with van der Waals surface area (Å²) in [5.41, 5.74) is 7.70. The van der Waals surface area contributed by atoms with Gasteiger partial charge in [-0.2, -0.15) is 0 Å². The van der Waals surface area contributed by atoms with Crippen LogP contribution < -0.4 is 5.73 Å². The van der Waals surface area contributed by atoms with Gasteiger partial charge in [0.05, 0.1) is 18.8 Å². The van der Waals surface area contributed by atoms with E-state index in [-0.39, 0.29) is 49.4 Å². The monoisotopic (exact) mass is 713 g/mol. The van der Waals surface area contributed by atoms with Crippen LogP contribution in [0.3, 0.4) is 0 Å². The summed E-state index contributed by atoms with van der Waals surface area (Å²) in [6, 6.07) is 14.4. The highest BCUT2D eigenvalue weighted by atomic mass is 16.7. The molecule has 1 saturated heterocycles. The Morgan fingerprint density at radius 1 is 1.04 bits per heavy atom. The first-order chi connectivity index (χ1) is 24.8. The maximum atomic E-state index is 14.6. The van der Waals surface area contributed by atoms with Gasteiger partial charge >= 0.3 is 11.9 Å². The molecular formula is C41H47NO10. The summed E-state index contributed by atoms with van der Waals surface area (Å²) >= 11 is 0. The van der Waals surface area contributed by atoms with Crippen LogP contribution in [0.15, 0.2) is 72.3 Å². The van der Waals surface area contributed by atoms with Crippen LogP contribution in [0.25, 0.3) is 0 Å². The fraction of sp³-hybridized carbons (Fsp3) is 0.512. The van der Waals surface area contributed by atoms with E-state index < -0.39 is 65.3 Å². The number of ketones is 2. The van der Waals surface area contributed by atoms with Gasteiger partial charge in [0.25, 0.3) is 0 Å². The fourth-order valence-corrected chi connectivity index (χ4v) is 10.3. The van der Waals surface area contributed by atoms with Gasteiger partial charge in [0.15, 0.2) is 24.3 Å². The molecule has 0 spiro atoms. The van der Waals surface area contributed by atoms with E-state index in [1.54, 1.807) is 12.2 Å². The lowest BCUT2D eigenvalue weighted by Crippen LogP contribution is -2.63. The minimum atomic E-state index is -1.55. The number of carboxylic acid groups (broad SMARTS) is 1. The summed E-state index contributed by atoms with van der Waals surface area (Å²) in [5.74, 6) is -2.74. The zero-order valence-electron chi connectivity index (χ0n) is 29.5. The van der Waals surface area contributed by atoms with E-state index in [0.29, 0.717) is 19.3 Å². The first-order valence-electron chi connectivity index (χ1n) is 18.2. The molecule has 11 nitrogen and oxygen atoms in total. The van der Waals surface area contributed by atoms with Gasteiger partial charge < -0.3 is 35.3 Å². The smallest absolute Gasteiger partial charge is 0.323 e. The van der Waals surface area contributed by atoms with E-state index in [2.05, 4.69) is 6.92 Å². The average molecular weight is 714 g/mol. The Bertz CT molecular complexity index is 1800. The summed E-state index contributed by atoms with van der Waals surface area (Å²) in [5, 5.41) is 30.4. The number of nitrogens with two attached hydrogens (primary N) is 1. The second-order valence-corrected chi connectivity index (χ2v) is 15.7. The standard InChI is InChI=1S/C41H47NO10/c1-39-16-15-28(44)18-27(39)11-12-29-30-19-34-41(40(30,2)20-32(45)36(29)39,33(46)22-50-37(49)31(42)13-14-35(47)48)52-38(51-34)26-9-7-24(8-10-26)17-23-3-5-25(21-43)6-4-23/h3-10,15-16,18,29-32,34,36,38,43,45H,11-14,17,19-22,42H2,1-2H3,(H,47,48)/t29-,30-,31-,32-,34+,36+,38+,39-,40-,41+/m0/s1. The van der Waals surface area contributed by atoms with Gasteiger partial charge in [-0.25, -0.2) is 0 Å². The third-order valence-corrected chi connectivity index (χ3v) is 12.8. The molecule has 1 heterocycles. The van der Waals surface area contributed by atoms with Crippen LogP contribution in [0.5, 0.6) is 0 Å². The zero-order valence-corrected chi connectivity index (χ0v) is 29.5. The Labute approximate surface area is 302 Å². The Balaban J connectivity index is 1.16. The van der Waals surface area contributed by atoms with Gasteiger partial charge in [0, 0.05) is 28.7 Å². The quantitative estimate of drug-likeness (QED) is 0.246. The van der Waals surface area contributed by atoms with Gasteiger partial charge in [-0.3, -0.25) is 19.2 Å². The van der Waals surface area contributed by atoms with E-state index >= 15 is 0 Å². The number of allylic oxidation sites excluding steroid dienone is 4. The molecule has 276 valence electrons. The maximum absolute atomic E-state index is 14.6. The lowest BCUT2D eigenvalue weighted by molar-refractivity contribution is -0.202. The number of aliphatic hydroxyl groups is 2.